The summed E-state index contributed by atoms with van der Waals surface area (Å²) in [6.07, 6.45) is 0. The van der Waals surface area contributed by atoms with E-state index in [1.165, 1.54) is 18.7 Å². The Morgan fingerprint density at radius 3 is 2.61 bits per heavy atom. The van der Waals surface area contributed by atoms with E-state index in [1.54, 1.807) is 21.0 Å². The number of pyridine rings is 1. The Morgan fingerprint density at radius 2 is 1.97 bits per heavy atom. The highest BCUT2D eigenvalue weighted by atomic mass is 32.2. The third-order valence-electron chi connectivity index (χ3n) is 4.92. The van der Waals surface area contributed by atoms with Gasteiger partial charge < -0.3 is 19.6 Å². The number of thioether (sulfide) groups is 1. The minimum Gasteiger partial charge on any atom is -0.494 e. The molecule has 0 aliphatic carbocycles. The van der Waals surface area contributed by atoms with Crippen LogP contribution < -0.4 is 15.8 Å². The van der Waals surface area contributed by atoms with Crippen molar-refractivity contribution in [2.24, 2.45) is 5.73 Å². The van der Waals surface area contributed by atoms with Crippen LogP contribution in [-0.4, -0.2) is 41.7 Å². The van der Waals surface area contributed by atoms with Crippen molar-refractivity contribution < 1.29 is 28.3 Å². The quantitative estimate of drug-likeness (QED) is 0.374. The first kappa shape index (κ1) is 24.1. The van der Waals surface area contributed by atoms with Crippen LogP contribution in [0.5, 0.6) is 5.75 Å². The largest absolute Gasteiger partial charge is 0.494 e. The molecule has 3 aromatic rings. The third-order valence-corrected chi connectivity index (χ3v) is 5.94. The highest BCUT2D eigenvalue weighted by molar-refractivity contribution is 8.00. The van der Waals surface area contributed by atoms with Crippen LogP contribution in [0.4, 0.5) is 5.88 Å². The van der Waals surface area contributed by atoms with E-state index in [9.17, 15) is 14.4 Å². The number of primary amides is 1. The van der Waals surface area contributed by atoms with E-state index in [0.717, 1.165) is 10.9 Å². The van der Waals surface area contributed by atoms with Crippen molar-refractivity contribution in [3.63, 3.8) is 0 Å². The van der Waals surface area contributed by atoms with Crippen LogP contribution in [-0.2, 0) is 9.53 Å². The van der Waals surface area contributed by atoms with E-state index in [4.69, 9.17) is 19.6 Å². The summed E-state index contributed by atoms with van der Waals surface area (Å²) in [6.45, 7) is 6.88. The number of furan rings is 1. The highest BCUT2D eigenvalue weighted by Crippen LogP contribution is 2.32. The number of esters is 1. The normalized spacial score (nSPS) is 11.8. The molecule has 174 valence electrons. The van der Waals surface area contributed by atoms with E-state index in [2.05, 4.69) is 10.3 Å². The van der Waals surface area contributed by atoms with E-state index in [-0.39, 0.29) is 29.4 Å². The maximum absolute atomic E-state index is 12.9. The molecule has 3 rings (SSSR count). The van der Waals surface area contributed by atoms with Crippen molar-refractivity contribution in [2.45, 2.75) is 38.0 Å². The Hall–Kier alpha value is -3.53. The fourth-order valence-corrected chi connectivity index (χ4v) is 4.27. The number of aryl methyl sites for hydroxylation is 2. The molecule has 0 saturated carbocycles. The topological polar surface area (TPSA) is 134 Å². The second kappa shape index (κ2) is 9.95. The van der Waals surface area contributed by atoms with Crippen molar-refractivity contribution in [2.75, 3.05) is 19.0 Å². The Bertz CT molecular complexity index is 1240. The first-order chi connectivity index (χ1) is 15.7. The minimum absolute atomic E-state index is 0.0983. The Morgan fingerprint density at radius 1 is 1.24 bits per heavy atom. The standard InChI is InChI=1S/C23H25N3O6S/c1-6-31-23(29)17-12(3)32-22(18(17)20(24)27)26-21(28)13(4)33-16-10-11(2)14-8-7-9-15(30-5)19(14)25-16/h7-10,13H,6H2,1-5H3,(H2,24,27)(H,26,28). The molecule has 0 bridgehead atoms. The van der Waals surface area contributed by atoms with Gasteiger partial charge in [-0.05, 0) is 45.4 Å². The van der Waals surface area contributed by atoms with Crippen molar-refractivity contribution in [3.05, 3.63) is 46.7 Å². The van der Waals surface area contributed by atoms with Crippen LogP contribution in [0.3, 0.4) is 0 Å². The van der Waals surface area contributed by atoms with Crippen LogP contribution in [0.25, 0.3) is 10.9 Å². The molecule has 9 nitrogen and oxygen atoms in total. The predicted octanol–water partition coefficient (Wildman–Crippen LogP) is 3.85. The summed E-state index contributed by atoms with van der Waals surface area (Å²) in [4.78, 5) is 41.7. The zero-order valence-corrected chi connectivity index (χ0v) is 19.8. The van der Waals surface area contributed by atoms with Crippen molar-refractivity contribution >= 4 is 46.3 Å². The third kappa shape index (κ3) is 4.95. The maximum Gasteiger partial charge on any atom is 0.342 e. The number of nitrogens with one attached hydrogen (secondary N) is 1. The molecule has 0 radical (unpaired) electrons. The lowest BCUT2D eigenvalue weighted by molar-refractivity contribution is -0.115. The summed E-state index contributed by atoms with van der Waals surface area (Å²) in [7, 11) is 1.58. The Labute approximate surface area is 195 Å². The number of amides is 2. The van der Waals surface area contributed by atoms with Gasteiger partial charge in [-0.2, -0.15) is 0 Å². The molecule has 10 heteroatoms. The summed E-state index contributed by atoms with van der Waals surface area (Å²) in [5.41, 5.74) is 6.82. The van der Waals surface area contributed by atoms with Gasteiger partial charge in [0.1, 0.15) is 28.2 Å². The van der Waals surface area contributed by atoms with E-state index < -0.39 is 23.0 Å². The summed E-state index contributed by atoms with van der Waals surface area (Å²) in [6, 6.07) is 7.56. The van der Waals surface area contributed by atoms with Gasteiger partial charge in [0.05, 0.1) is 24.0 Å². The summed E-state index contributed by atoms with van der Waals surface area (Å²) in [5, 5.41) is 3.53. The smallest absolute Gasteiger partial charge is 0.342 e. The lowest BCUT2D eigenvalue weighted by Gasteiger charge is -2.13. The van der Waals surface area contributed by atoms with E-state index in [1.807, 2.05) is 31.2 Å². The van der Waals surface area contributed by atoms with Gasteiger partial charge in [-0.25, -0.2) is 9.78 Å². The number of aromatic nitrogens is 1. The number of carbonyl (C=O) groups is 3. The minimum atomic E-state index is -0.913. The molecule has 1 aromatic carbocycles. The van der Waals surface area contributed by atoms with Crippen LogP contribution in [0.2, 0.25) is 0 Å². The summed E-state index contributed by atoms with van der Waals surface area (Å²) < 4.78 is 15.9. The number of anilines is 1. The molecule has 2 amide bonds. The number of nitrogens with zero attached hydrogens (tertiary/aromatic N) is 1. The number of fused-ring (bicyclic) bond motifs is 1. The average molecular weight is 472 g/mol. The maximum atomic E-state index is 12.9. The lowest BCUT2D eigenvalue weighted by atomic mass is 10.1. The molecule has 3 N–H and O–H groups in total. The van der Waals surface area contributed by atoms with Gasteiger partial charge in [-0.3, -0.25) is 14.9 Å². The number of ether oxygens (including phenoxy) is 2. The first-order valence-electron chi connectivity index (χ1n) is 10.2. The lowest BCUT2D eigenvalue weighted by Crippen LogP contribution is -2.25. The fraction of sp³-hybridized carbons (Fsp3) is 0.304. The predicted molar refractivity (Wildman–Crippen MR) is 125 cm³/mol. The van der Waals surface area contributed by atoms with Crippen LogP contribution in [0, 0.1) is 13.8 Å². The number of nitrogens with two attached hydrogens (primary N) is 1. The van der Waals surface area contributed by atoms with Gasteiger partial charge in [0, 0.05) is 5.39 Å². The molecular weight excluding hydrogens is 446 g/mol. The zero-order valence-electron chi connectivity index (χ0n) is 19.0. The molecule has 2 heterocycles. The van der Waals surface area contributed by atoms with Crippen molar-refractivity contribution in [1.29, 1.82) is 0 Å². The van der Waals surface area contributed by atoms with Crippen LogP contribution in [0.1, 0.15) is 45.9 Å². The number of hydrogen-bond donors (Lipinski definition) is 2. The number of benzene rings is 1. The molecule has 2 aromatic heterocycles. The molecule has 0 aliphatic rings. The molecule has 1 atom stereocenters. The van der Waals surface area contributed by atoms with Crippen LogP contribution in [0.15, 0.2) is 33.7 Å². The highest BCUT2D eigenvalue weighted by Gasteiger charge is 2.30. The molecule has 0 aliphatic heterocycles. The number of hydrogen-bond acceptors (Lipinski definition) is 8. The van der Waals surface area contributed by atoms with Gasteiger partial charge in [0.25, 0.3) is 5.91 Å². The molecule has 0 spiro atoms. The number of methoxy groups -OCH3 is 1. The molecule has 33 heavy (non-hydrogen) atoms. The SMILES string of the molecule is CCOC(=O)c1c(C)oc(NC(=O)C(C)Sc2cc(C)c3cccc(OC)c3n2)c1C(N)=O. The average Bonchev–Trinajstić information content (AvgIpc) is 3.09. The first-order valence-corrected chi connectivity index (χ1v) is 11.1. The Balaban J connectivity index is 1.85. The zero-order chi connectivity index (χ0) is 24.3. The van der Waals surface area contributed by atoms with Gasteiger partial charge in [-0.15, -0.1) is 0 Å². The fourth-order valence-electron chi connectivity index (χ4n) is 3.35. The second-order valence-electron chi connectivity index (χ2n) is 7.21. The summed E-state index contributed by atoms with van der Waals surface area (Å²) >= 11 is 1.23. The van der Waals surface area contributed by atoms with Gasteiger partial charge in [0.2, 0.25) is 11.8 Å². The molecule has 0 saturated heterocycles. The molecule has 0 fully saturated rings. The van der Waals surface area contributed by atoms with Crippen molar-refractivity contribution in [3.8, 4) is 5.75 Å². The van der Waals surface area contributed by atoms with Gasteiger partial charge >= 0.3 is 5.97 Å². The number of rotatable bonds is 8. The number of carbonyl (C=O) groups excluding carboxylic acids is 3. The van der Waals surface area contributed by atoms with Gasteiger partial charge in [0.15, 0.2) is 0 Å². The van der Waals surface area contributed by atoms with E-state index >= 15 is 0 Å². The van der Waals surface area contributed by atoms with E-state index in [0.29, 0.717) is 16.3 Å². The van der Waals surface area contributed by atoms with Gasteiger partial charge in [-0.1, -0.05) is 23.9 Å². The summed E-state index contributed by atoms with van der Waals surface area (Å²) in [5.74, 6) is -1.55. The van der Waals surface area contributed by atoms with Crippen LogP contribution >= 0.6 is 11.8 Å². The monoisotopic (exact) mass is 471 g/mol. The molecule has 1 unspecified atom stereocenters. The second-order valence-corrected chi connectivity index (χ2v) is 8.57. The number of para-hydroxylation sites is 1. The van der Waals surface area contributed by atoms with Crippen molar-refractivity contribution in [1.82, 2.24) is 4.98 Å². The Kier molecular flexibility index (Phi) is 7.27. The molecular formula is C23H25N3O6S.